The molecule has 1 heterocycles. The highest BCUT2D eigenvalue weighted by molar-refractivity contribution is 7.89. The first-order chi connectivity index (χ1) is 13.7. The summed E-state index contributed by atoms with van der Waals surface area (Å²) in [6.45, 7) is 4.23. The Morgan fingerprint density at radius 1 is 1.24 bits per heavy atom. The number of carbonyl (C=O) groups excluding carboxylic acids is 2. The molecular formula is C18H24Cl2N2O6S. The van der Waals surface area contributed by atoms with E-state index in [2.05, 4.69) is 5.32 Å². The van der Waals surface area contributed by atoms with Crippen LogP contribution in [0, 0.1) is 0 Å². The fourth-order valence-corrected chi connectivity index (χ4v) is 5.07. The number of halogens is 2. The number of carbonyl (C=O) groups is 2. The summed E-state index contributed by atoms with van der Waals surface area (Å²) >= 11 is 12.1. The van der Waals surface area contributed by atoms with Crippen molar-refractivity contribution in [2.24, 2.45) is 0 Å². The Labute approximate surface area is 180 Å². The molecule has 0 spiro atoms. The molecule has 1 unspecified atom stereocenters. The third-order valence-electron chi connectivity index (χ3n) is 4.29. The van der Waals surface area contributed by atoms with Crippen LogP contribution < -0.4 is 5.32 Å². The van der Waals surface area contributed by atoms with E-state index in [0.29, 0.717) is 0 Å². The Morgan fingerprint density at radius 2 is 1.90 bits per heavy atom. The summed E-state index contributed by atoms with van der Waals surface area (Å²) in [5.74, 6) is -1.37. The van der Waals surface area contributed by atoms with Crippen molar-refractivity contribution in [3.8, 4) is 0 Å². The van der Waals surface area contributed by atoms with E-state index in [0.717, 1.165) is 18.9 Å². The third kappa shape index (κ3) is 6.29. The van der Waals surface area contributed by atoms with Crippen molar-refractivity contribution in [2.45, 2.75) is 37.6 Å². The number of hydrogen-bond acceptors (Lipinski definition) is 6. The molecule has 0 aliphatic carbocycles. The Morgan fingerprint density at radius 3 is 2.52 bits per heavy atom. The molecule has 8 nitrogen and oxygen atoms in total. The lowest BCUT2D eigenvalue weighted by molar-refractivity contribution is -0.124. The zero-order chi connectivity index (χ0) is 21.6. The van der Waals surface area contributed by atoms with Crippen molar-refractivity contribution in [1.82, 2.24) is 9.62 Å². The average molecular weight is 467 g/mol. The van der Waals surface area contributed by atoms with E-state index in [1.807, 2.05) is 13.8 Å². The first-order valence-electron chi connectivity index (χ1n) is 9.20. The molecule has 0 saturated carbocycles. The van der Waals surface area contributed by atoms with E-state index in [1.54, 1.807) is 0 Å². The van der Waals surface area contributed by atoms with E-state index in [-0.39, 0.29) is 52.8 Å². The first-order valence-corrected chi connectivity index (χ1v) is 11.4. The van der Waals surface area contributed by atoms with E-state index in [9.17, 15) is 18.0 Å². The van der Waals surface area contributed by atoms with Gasteiger partial charge in [-0.3, -0.25) is 4.79 Å². The van der Waals surface area contributed by atoms with E-state index >= 15 is 0 Å². The standard InChI is InChI=1S/C18H24Cl2N2O6S/c1-3-4-12(2)21-17(23)11-28-18(24)13-9-16(15(20)10-14(13)19)29(25,26)22-5-7-27-8-6-22/h9-10,12H,3-8,11H2,1-2H3,(H,21,23). The van der Waals surface area contributed by atoms with Gasteiger partial charge in [0.25, 0.3) is 5.91 Å². The van der Waals surface area contributed by atoms with Crippen LogP contribution in [0.1, 0.15) is 37.0 Å². The summed E-state index contributed by atoms with van der Waals surface area (Å²) < 4.78 is 37.1. The maximum absolute atomic E-state index is 12.9. The molecule has 162 valence electrons. The summed E-state index contributed by atoms with van der Waals surface area (Å²) in [4.78, 5) is 24.0. The van der Waals surface area contributed by atoms with Crippen LogP contribution in [0.5, 0.6) is 0 Å². The second-order valence-electron chi connectivity index (χ2n) is 6.61. The van der Waals surface area contributed by atoms with Crippen molar-refractivity contribution in [2.75, 3.05) is 32.9 Å². The van der Waals surface area contributed by atoms with Crippen LogP contribution >= 0.6 is 23.2 Å². The Kier molecular flexibility index (Phi) is 8.72. The van der Waals surface area contributed by atoms with Crippen LogP contribution in [0.3, 0.4) is 0 Å². The van der Waals surface area contributed by atoms with Crippen molar-refractivity contribution in [1.29, 1.82) is 0 Å². The molecule has 1 aliphatic rings. The smallest absolute Gasteiger partial charge is 0.340 e. The third-order valence-corrected chi connectivity index (χ3v) is 6.97. The number of ether oxygens (including phenoxy) is 2. The average Bonchev–Trinajstić information content (AvgIpc) is 2.66. The van der Waals surface area contributed by atoms with Gasteiger partial charge in [-0.1, -0.05) is 36.5 Å². The number of nitrogens with zero attached hydrogens (tertiary/aromatic N) is 1. The minimum absolute atomic E-state index is 0.0458. The SMILES string of the molecule is CCCC(C)NC(=O)COC(=O)c1cc(S(=O)(=O)N2CCOCC2)c(Cl)cc1Cl. The molecule has 0 aromatic heterocycles. The first kappa shape index (κ1) is 23.9. The van der Waals surface area contributed by atoms with Gasteiger partial charge in [0.05, 0.1) is 28.8 Å². The van der Waals surface area contributed by atoms with E-state index in [4.69, 9.17) is 32.7 Å². The van der Waals surface area contributed by atoms with Gasteiger partial charge < -0.3 is 14.8 Å². The fraction of sp³-hybridized carbons (Fsp3) is 0.556. The van der Waals surface area contributed by atoms with Crippen LogP contribution in [-0.4, -0.2) is 63.6 Å². The number of amides is 1. The lowest BCUT2D eigenvalue weighted by Crippen LogP contribution is -2.40. The van der Waals surface area contributed by atoms with Gasteiger partial charge in [0.15, 0.2) is 6.61 Å². The molecule has 1 aromatic carbocycles. The number of benzene rings is 1. The minimum atomic E-state index is -3.94. The molecule has 1 atom stereocenters. The largest absolute Gasteiger partial charge is 0.452 e. The lowest BCUT2D eigenvalue weighted by atomic mass is 10.2. The maximum atomic E-state index is 12.9. The topological polar surface area (TPSA) is 102 Å². The predicted octanol–water partition coefficient (Wildman–Crippen LogP) is 2.48. The van der Waals surface area contributed by atoms with Gasteiger partial charge in [-0.25, -0.2) is 13.2 Å². The van der Waals surface area contributed by atoms with Gasteiger partial charge in [-0.2, -0.15) is 4.31 Å². The Balaban J connectivity index is 2.15. The van der Waals surface area contributed by atoms with Gasteiger partial charge in [-0.05, 0) is 25.5 Å². The molecule has 1 N–H and O–H groups in total. The summed E-state index contributed by atoms with van der Waals surface area (Å²) in [7, 11) is -3.94. The zero-order valence-corrected chi connectivity index (χ0v) is 18.6. The lowest BCUT2D eigenvalue weighted by Gasteiger charge is -2.26. The molecule has 1 saturated heterocycles. The van der Waals surface area contributed by atoms with Crippen molar-refractivity contribution in [3.05, 3.63) is 27.7 Å². The number of esters is 1. The van der Waals surface area contributed by atoms with Crippen LogP contribution in [0.25, 0.3) is 0 Å². The predicted molar refractivity (Wildman–Crippen MR) is 109 cm³/mol. The number of nitrogens with one attached hydrogen (secondary N) is 1. The molecule has 2 rings (SSSR count). The van der Waals surface area contributed by atoms with Gasteiger partial charge in [0.1, 0.15) is 4.90 Å². The molecule has 1 aliphatic heterocycles. The molecule has 0 bridgehead atoms. The molecule has 11 heteroatoms. The minimum Gasteiger partial charge on any atom is -0.452 e. The highest BCUT2D eigenvalue weighted by Crippen LogP contribution is 2.31. The molecule has 1 aromatic rings. The molecule has 0 radical (unpaired) electrons. The summed E-state index contributed by atoms with van der Waals surface area (Å²) in [6.07, 6.45) is 1.70. The van der Waals surface area contributed by atoms with Crippen molar-refractivity contribution >= 4 is 45.1 Å². The van der Waals surface area contributed by atoms with Crippen molar-refractivity contribution in [3.63, 3.8) is 0 Å². The number of morpholine rings is 1. The zero-order valence-electron chi connectivity index (χ0n) is 16.2. The van der Waals surface area contributed by atoms with E-state index < -0.39 is 28.5 Å². The number of sulfonamides is 1. The molecule has 1 fully saturated rings. The van der Waals surface area contributed by atoms with Gasteiger partial charge >= 0.3 is 5.97 Å². The molecule has 29 heavy (non-hydrogen) atoms. The van der Waals surface area contributed by atoms with Crippen LogP contribution in [0.2, 0.25) is 10.0 Å². The summed E-state index contributed by atoms with van der Waals surface area (Å²) in [5, 5.41) is 2.53. The highest BCUT2D eigenvalue weighted by atomic mass is 35.5. The summed E-state index contributed by atoms with van der Waals surface area (Å²) in [6, 6.07) is 2.21. The van der Waals surface area contributed by atoms with Gasteiger partial charge in [0.2, 0.25) is 10.0 Å². The number of hydrogen-bond donors (Lipinski definition) is 1. The number of rotatable bonds is 8. The normalized spacial score (nSPS) is 16.3. The quantitative estimate of drug-likeness (QED) is 0.590. The Bertz CT molecular complexity index is 856. The highest BCUT2D eigenvalue weighted by Gasteiger charge is 2.30. The summed E-state index contributed by atoms with van der Waals surface area (Å²) in [5.41, 5.74) is -0.183. The van der Waals surface area contributed by atoms with Gasteiger partial charge in [0, 0.05) is 19.1 Å². The van der Waals surface area contributed by atoms with Crippen LogP contribution in [-0.2, 0) is 24.3 Å². The van der Waals surface area contributed by atoms with Crippen molar-refractivity contribution < 1.29 is 27.5 Å². The van der Waals surface area contributed by atoms with Crippen LogP contribution in [0.4, 0.5) is 0 Å². The monoisotopic (exact) mass is 466 g/mol. The fourth-order valence-electron chi connectivity index (χ4n) is 2.84. The Hall–Kier alpha value is -1.39. The second kappa shape index (κ2) is 10.6. The molecular weight excluding hydrogens is 443 g/mol. The maximum Gasteiger partial charge on any atom is 0.340 e. The van der Waals surface area contributed by atoms with Gasteiger partial charge in [-0.15, -0.1) is 0 Å². The van der Waals surface area contributed by atoms with E-state index in [1.165, 1.54) is 10.4 Å². The van der Waals surface area contributed by atoms with Crippen LogP contribution in [0.15, 0.2) is 17.0 Å². The second-order valence-corrected chi connectivity index (χ2v) is 9.33. The molecule has 1 amide bonds.